The summed E-state index contributed by atoms with van der Waals surface area (Å²) < 4.78 is 13.4. The number of rotatable bonds is 6. The smallest absolute Gasteiger partial charge is 0.328 e. The summed E-state index contributed by atoms with van der Waals surface area (Å²) in [6, 6.07) is 6.48. The van der Waals surface area contributed by atoms with Gasteiger partial charge in [0.15, 0.2) is 0 Å². The van der Waals surface area contributed by atoms with Crippen LogP contribution >= 0.6 is 15.9 Å². The number of ether oxygens (including phenoxy) is 2. The number of hydrogen-bond acceptors (Lipinski definition) is 7. The monoisotopic (exact) mass is 550 g/mol. The van der Waals surface area contributed by atoms with Crippen molar-refractivity contribution in [1.82, 2.24) is 14.5 Å². The van der Waals surface area contributed by atoms with Gasteiger partial charge in [0.1, 0.15) is 5.75 Å². The fourth-order valence-corrected chi connectivity index (χ4v) is 5.26. The average Bonchev–Trinajstić information content (AvgIpc) is 2.82. The highest BCUT2D eigenvalue weighted by Gasteiger charge is 2.50. The summed E-state index contributed by atoms with van der Waals surface area (Å²) in [5.74, 6) is 0.564. The lowest BCUT2D eigenvalue weighted by molar-refractivity contribution is -0.195. The second-order valence-electron chi connectivity index (χ2n) is 9.50. The minimum atomic E-state index is -1.25. The van der Waals surface area contributed by atoms with Crippen molar-refractivity contribution in [3.05, 3.63) is 61.3 Å². The quantitative estimate of drug-likeness (QED) is 0.462. The number of nitrogens with one attached hydrogen (secondary N) is 1. The van der Waals surface area contributed by atoms with Crippen LogP contribution in [0.5, 0.6) is 5.75 Å². The molecular formula is C24H31BrN4O6. The predicted octanol–water partition coefficient (Wildman–Crippen LogP) is 1.41. The van der Waals surface area contributed by atoms with Gasteiger partial charge in [-0.3, -0.25) is 19.1 Å². The maximum Gasteiger partial charge on any atom is 0.328 e. The van der Waals surface area contributed by atoms with Crippen LogP contribution in [0.4, 0.5) is 0 Å². The summed E-state index contributed by atoms with van der Waals surface area (Å²) in [6.07, 6.45) is 3.57. The van der Waals surface area contributed by atoms with E-state index in [1.54, 1.807) is 30.0 Å². The number of amides is 1. The van der Waals surface area contributed by atoms with Gasteiger partial charge in [-0.15, -0.1) is 0 Å². The Hall–Kier alpha value is -2.47. The van der Waals surface area contributed by atoms with Gasteiger partial charge in [0.2, 0.25) is 0 Å². The van der Waals surface area contributed by atoms with Crippen LogP contribution in [-0.2, 0) is 4.74 Å². The number of aromatic amines is 1. The molecule has 2 aromatic rings. The van der Waals surface area contributed by atoms with E-state index in [1.807, 2.05) is 6.07 Å². The Labute approximate surface area is 211 Å². The normalized spacial score (nSPS) is 23.9. The highest BCUT2D eigenvalue weighted by atomic mass is 79.9. The van der Waals surface area contributed by atoms with Gasteiger partial charge >= 0.3 is 5.69 Å². The standard InChI is InChI=1S/C24H31BrN4O6/c1-23(33)15-24(35-14-19(23)29-13-18(25)20(30)27-22(29)32)6-9-28(10-7-24)21(31)16-4-2-5-17(12-16)34-11-3-8-26/h2,4-5,12-13,19,33H,3,6-11,14-15,26H2,1H3,(H,27,30,32)/t19-,23-/m0/s1. The molecule has 0 radical (unpaired) electrons. The van der Waals surface area contributed by atoms with Crippen molar-refractivity contribution in [3.63, 3.8) is 0 Å². The number of carbonyl (C=O) groups excluding carboxylic acids is 1. The zero-order valence-corrected chi connectivity index (χ0v) is 21.3. The largest absolute Gasteiger partial charge is 0.494 e. The molecule has 0 bridgehead atoms. The number of nitrogens with zero attached hydrogens (tertiary/aromatic N) is 2. The first-order valence-electron chi connectivity index (χ1n) is 11.7. The van der Waals surface area contributed by atoms with Gasteiger partial charge in [0, 0.05) is 31.3 Å². The predicted molar refractivity (Wildman–Crippen MR) is 133 cm³/mol. The number of aromatic nitrogens is 2. The van der Waals surface area contributed by atoms with E-state index in [4.69, 9.17) is 15.2 Å². The lowest BCUT2D eigenvalue weighted by atomic mass is 9.75. The van der Waals surface area contributed by atoms with Crippen LogP contribution in [0.3, 0.4) is 0 Å². The summed E-state index contributed by atoms with van der Waals surface area (Å²) in [5.41, 5.74) is 3.10. The molecule has 10 nitrogen and oxygen atoms in total. The molecule has 2 aliphatic heterocycles. The third kappa shape index (κ3) is 5.53. The maximum absolute atomic E-state index is 13.1. The topological polar surface area (TPSA) is 140 Å². The van der Waals surface area contributed by atoms with Crippen molar-refractivity contribution in [2.24, 2.45) is 5.73 Å². The number of piperidine rings is 1. The first-order chi connectivity index (χ1) is 16.6. The SMILES string of the molecule is C[C@]1(O)CC2(CCN(C(=O)c3cccc(OCCCN)c3)CC2)OC[C@@H]1n1cc(Br)c(=O)[nH]c1=O. The molecule has 2 fully saturated rings. The Morgan fingerprint density at radius 1 is 1.34 bits per heavy atom. The zero-order valence-electron chi connectivity index (χ0n) is 19.7. The number of likely N-dealkylation sites (tertiary alicyclic amines) is 1. The van der Waals surface area contributed by atoms with Crippen LogP contribution in [0.1, 0.15) is 49.0 Å². The van der Waals surface area contributed by atoms with Gasteiger partial charge in [-0.1, -0.05) is 6.07 Å². The third-order valence-electron chi connectivity index (χ3n) is 6.87. The van der Waals surface area contributed by atoms with Gasteiger partial charge in [0.25, 0.3) is 11.5 Å². The van der Waals surface area contributed by atoms with E-state index >= 15 is 0 Å². The van der Waals surface area contributed by atoms with E-state index < -0.39 is 28.5 Å². The van der Waals surface area contributed by atoms with Crippen LogP contribution in [0.15, 0.2) is 44.5 Å². The van der Waals surface area contributed by atoms with Gasteiger partial charge in [-0.05, 0) is 66.9 Å². The molecule has 0 unspecified atom stereocenters. The van der Waals surface area contributed by atoms with E-state index in [0.29, 0.717) is 56.8 Å². The van der Waals surface area contributed by atoms with Gasteiger partial charge < -0.3 is 25.2 Å². The lowest BCUT2D eigenvalue weighted by Crippen LogP contribution is -2.59. The Morgan fingerprint density at radius 2 is 2.09 bits per heavy atom. The molecule has 2 atom stereocenters. The number of halogens is 1. The van der Waals surface area contributed by atoms with Crippen LogP contribution in [0.25, 0.3) is 0 Å². The third-order valence-corrected chi connectivity index (χ3v) is 7.43. The summed E-state index contributed by atoms with van der Waals surface area (Å²) >= 11 is 3.14. The van der Waals surface area contributed by atoms with Gasteiger partial charge in [0.05, 0.1) is 34.9 Å². The molecule has 0 saturated carbocycles. The number of aliphatic hydroxyl groups is 1. The average molecular weight is 551 g/mol. The number of carbonyl (C=O) groups is 1. The van der Waals surface area contributed by atoms with Crippen molar-refractivity contribution in [3.8, 4) is 5.75 Å². The minimum Gasteiger partial charge on any atom is -0.494 e. The van der Waals surface area contributed by atoms with Crippen LogP contribution < -0.4 is 21.7 Å². The lowest BCUT2D eigenvalue weighted by Gasteiger charge is -2.51. The summed E-state index contributed by atoms with van der Waals surface area (Å²) in [4.78, 5) is 41.2. The van der Waals surface area contributed by atoms with Crippen molar-refractivity contribution in [2.45, 2.75) is 49.9 Å². The Kier molecular flexibility index (Phi) is 7.51. The van der Waals surface area contributed by atoms with Crippen molar-refractivity contribution in [2.75, 3.05) is 32.8 Å². The summed E-state index contributed by atoms with van der Waals surface area (Å²) in [6.45, 7) is 3.82. The van der Waals surface area contributed by atoms with E-state index in [-0.39, 0.29) is 17.0 Å². The molecule has 11 heteroatoms. The van der Waals surface area contributed by atoms with E-state index in [0.717, 1.165) is 6.42 Å². The van der Waals surface area contributed by atoms with E-state index in [9.17, 15) is 19.5 Å². The molecule has 1 aromatic carbocycles. The van der Waals surface area contributed by atoms with Crippen LogP contribution in [-0.4, -0.2) is 69.5 Å². The fourth-order valence-electron chi connectivity index (χ4n) is 4.94. The van der Waals surface area contributed by atoms with Crippen LogP contribution in [0, 0.1) is 0 Å². The first kappa shape index (κ1) is 25.6. The van der Waals surface area contributed by atoms with Gasteiger partial charge in [-0.25, -0.2) is 4.79 Å². The summed E-state index contributed by atoms with van der Waals surface area (Å²) in [5, 5.41) is 11.3. The second kappa shape index (κ2) is 10.3. The molecule has 35 heavy (non-hydrogen) atoms. The Bertz CT molecular complexity index is 1190. The Balaban J connectivity index is 1.41. The summed E-state index contributed by atoms with van der Waals surface area (Å²) in [7, 11) is 0. The minimum absolute atomic E-state index is 0.0748. The molecule has 0 aliphatic carbocycles. The molecule has 1 aromatic heterocycles. The van der Waals surface area contributed by atoms with Gasteiger partial charge in [-0.2, -0.15) is 0 Å². The highest BCUT2D eigenvalue weighted by molar-refractivity contribution is 9.10. The molecule has 2 saturated heterocycles. The van der Waals surface area contributed by atoms with E-state index in [2.05, 4.69) is 20.9 Å². The van der Waals surface area contributed by atoms with Crippen molar-refractivity contribution in [1.29, 1.82) is 0 Å². The molecule has 190 valence electrons. The van der Waals surface area contributed by atoms with E-state index in [1.165, 1.54) is 10.8 Å². The second-order valence-corrected chi connectivity index (χ2v) is 10.4. The Morgan fingerprint density at radius 3 is 2.77 bits per heavy atom. The van der Waals surface area contributed by atoms with Crippen molar-refractivity contribution < 1.29 is 19.4 Å². The fraction of sp³-hybridized carbons (Fsp3) is 0.542. The maximum atomic E-state index is 13.1. The molecule has 4 N–H and O–H groups in total. The molecule has 1 spiro atoms. The molecule has 4 rings (SSSR count). The number of benzene rings is 1. The van der Waals surface area contributed by atoms with Crippen molar-refractivity contribution >= 4 is 21.8 Å². The molecule has 3 heterocycles. The number of H-pyrrole nitrogens is 1. The van der Waals surface area contributed by atoms with Crippen LogP contribution in [0.2, 0.25) is 0 Å². The number of hydrogen-bond donors (Lipinski definition) is 3. The number of nitrogens with two attached hydrogens (primary N) is 1. The first-order valence-corrected chi connectivity index (χ1v) is 12.5. The zero-order chi connectivity index (χ0) is 25.2. The molecule has 2 aliphatic rings. The highest BCUT2D eigenvalue weighted by Crippen LogP contribution is 2.43. The molecular weight excluding hydrogens is 520 g/mol. The molecule has 1 amide bonds.